The molecule has 1 atom stereocenters. The summed E-state index contributed by atoms with van der Waals surface area (Å²) < 4.78 is 4.99. The van der Waals surface area contributed by atoms with Crippen LogP contribution >= 0.6 is 11.8 Å². The Morgan fingerprint density at radius 3 is 2.05 bits per heavy atom. The van der Waals surface area contributed by atoms with Gasteiger partial charge in [-0.15, -0.1) is 0 Å². The number of hydrogen-bond acceptors (Lipinski definition) is 5. The van der Waals surface area contributed by atoms with Crippen molar-refractivity contribution in [3.63, 3.8) is 0 Å². The van der Waals surface area contributed by atoms with Gasteiger partial charge in [0.2, 0.25) is 0 Å². The molecule has 0 bridgehead atoms. The Morgan fingerprint density at radius 2 is 1.67 bits per heavy atom. The highest BCUT2D eigenvalue weighted by atomic mass is 32.2. The fourth-order valence-corrected chi connectivity index (χ4v) is 2.33. The van der Waals surface area contributed by atoms with Gasteiger partial charge in [0.1, 0.15) is 11.6 Å². The quantitative estimate of drug-likeness (QED) is 0.655. The van der Waals surface area contributed by atoms with Crippen LogP contribution in [0.2, 0.25) is 0 Å². The number of ether oxygens (including phenoxy) is 1. The molecule has 21 heavy (non-hydrogen) atoms. The number of hydrogen-bond donors (Lipinski definition) is 3. The van der Waals surface area contributed by atoms with Gasteiger partial charge in [-0.3, -0.25) is 4.79 Å². The molecule has 0 aromatic heterocycles. The number of thioether (sulfide) groups is 1. The predicted octanol–water partition coefficient (Wildman–Crippen LogP) is 1.81. The lowest BCUT2D eigenvalue weighted by atomic mass is 9.97. The summed E-state index contributed by atoms with van der Waals surface area (Å²) in [6.45, 7) is 8.13. The number of nitrogens with one attached hydrogen (secondary N) is 1. The van der Waals surface area contributed by atoms with Crippen molar-refractivity contribution in [2.24, 2.45) is 5.41 Å². The summed E-state index contributed by atoms with van der Waals surface area (Å²) in [5.41, 5.74) is -1.68. The second-order valence-corrected chi connectivity index (χ2v) is 7.27. The third-order valence-electron chi connectivity index (χ3n) is 2.32. The molecule has 0 aliphatic rings. The summed E-state index contributed by atoms with van der Waals surface area (Å²) in [4.78, 5) is 33.6. The van der Waals surface area contributed by atoms with Crippen LogP contribution < -0.4 is 5.32 Å². The summed E-state index contributed by atoms with van der Waals surface area (Å²) >= 11 is 1.15. The van der Waals surface area contributed by atoms with Crippen molar-refractivity contribution in [1.29, 1.82) is 0 Å². The molecule has 0 aromatic carbocycles. The van der Waals surface area contributed by atoms with E-state index in [9.17, 15) is 14.4 Å². The Bertz CT molecular complexity index is 402. The SMILES string of the molecule is CC(C)(C)OC(=O)NC(CSCC(C)(C)C(=O)O)C(=O)O. The fraction of sp³-hybridized carbons (Fsp3) is 0.769. The first-order chi connectivity index (χ1) is 9.35. The van der Waals surface area contributed by atoms with E-state index >= 15 is 0 Å². The van der Waals surface area contributed by atoms with Gasteiger partial charge in [0.25, 0.3) is 0 Å². The van der Waals surface area contributed by atoms with Gasteiger partial charge in [0, 0.05) is 11.5 Å². The molecule has 0 saturated carbocycles. The van der Waals surface area contributed by atoms with E-state index in [0.29, 0.717) is 0 Å². The van der Waals surface area contributed by atoms with Crippen LogP contribution in [0.5, 0.6) is 0 Å². The van der Waals surface area contributed by atoms with Crippen molar-refractivity contribution in [3.05, 3.63) is 0 Å². The number of carbonyl (C=O) groups is 3. The van der Waals surface area contributed by atoms with Crippen LogP contribution in [0, 0.1) is 5.41 Å². The third-order valence-corrected chi connectivity index (χ3v) is 3.81. The van der Waals surface area contributed by atoms with Gasteiger partial charge in [-0.1, -0.05) is 0 Å². The molecule has 0 heterocycles. The zero-order valence-electron chi connectivity index (χ0n) is 12.9. The minimum atomic E-state index is -1.19. The number of aliphatic carboxylic acids is 2. The minimum Gasteiger partial charge on any atom is -0.481 e. The van der Waals surface area contributed by atoms with Gasteiger partial charge in [0.15, 0.2) is 0 Å². The van der Waals surface area contributed by atoms with E-state index in [0.717, 1.165) is 11.8 Å². The van der Waals surface area contributed by atoms with Crippen molar-refractivity contribution in [2.75, 3.05) is 11.5 Å². The Kier molecular flexibility index (Phi) is 7.02. The fourth-order valence-electron chi connectivity index (χ4n) is 1.12. The molecule has 0 rings (SSSR count). The van der Waals surface area contributed by atoms with E-state index in [-0.39, 0.29) is 11.5 Å². The Balaban J connectivity index is 4.43. The van der Waals surface area contributed by atoms with Gasteiger partial charge in [-0.2, -0.15) is 11.8 Å². The Morgan fingerprint density at radius 1 is 1.14 bits per heavy atom. The Hall–Kier alpha value is -1.44. The van der Waals surface area contributed by atoms with Crippen LogP contribution in [0.25, 0.3) is 0 Å². The minimum absolute atomic E-state index is 0.0608. The summed E-state index contributed by atoms with van der Waals surface area (Å²) in [6, 6.07) is -1.13. The molecule has 0 aliphatic carbocycles. The molecule has 0 radical (unpaired) electrons. The molecule has 1 amide bonds. The maximum Gasteiger partial charge on any atom is 0.408 e. The van der Waals surface area contributed by atoms with Gasteiger partial charge < -0.3 is 20.3 Å². The zero-order chi connectivity index (χ0) is 16.8. The van der Waals surface area contributed by atoms with Crippen LogP contribution in [-0.4, -0.2) is 51.4 Å². The molecule has 8 heteroatoms. The first-order valence-corrected chi connectivity index (χ1v) is 7.54. The van der Waals surface area contributed by atoms with Crippen LogP contribution in [0.1, 0.15) is 34.6 Å². The van der Waals surface area contributed by atoms with Gasteiger partial charge in [-0.25, -0.2) is 9.59 Å². The van der Waals surface area contributed by atoms with E-state index in [1.807, 2.05) is 0 Å². The molecule has 1 unspecified atom stereocenters. The Labute approximate surface area is 128 Å². The largest absolute Gasteiger partial charge is 0.481 e. The molecule has 0 aromatic rings. The van der Waals surface area contributed by atoms with Crippen LogP contribution in [0.4, 0.5) is 4.79 Å². The van der Waals surface area contributed by atoms with Gasteiger partial charge in [0.05, 0.1) is 5.41 Å². The lowest BCUT2D eigenvalue weighted by molar-refractivity contribution is -0.145. The molecule has 0 aliphatic heterocycles. The maximum absolute atomic E-state index is 11.5. The van der Waals surface area contributed by atoms with Crippen molar-refractivity contribution < 1.29 is 29.3 Å². The van der Waals surface area contributed by atoms with Crippen molar-refractivity contribution >= 4 is 29.8 Å². The second-order valence-electron chi connectivity index (χ2n) is 6.24. The van der Waals surface area contributed by atoms with Crippen molar-refractivity contribution in [1.82, 2.24) is 5.32 Å². The number of rotatable bonds is 7. The third kappa shape index (κ3) is 8.44. The molecular weight excluding hydrogens is 298 g/mol. The number of amides is 1. The molecule has 0 spiro atoms. The average Bonchev–Trinajstić information content (AvgIpc) is 2.24. The lowest BCUT2D eigenvalue weighted by Gasteiger charge is -2.23. The zero-order valence-corrected chi connectivity index (χ0v) is 13.7. The van der Waals surface area contributed by atoms with E-state index in [1.165, 1.54) is 0 Å². The molecule has 0 saturated heterocycles. The topological polar surface area (TPSA) is 113 Å². The van der Waals surface area contributed by atoms with Gasteiger partial charge in [-0.05, 0) is 34.6 Å². The number of alkyl carbamates (subject to hydrolysis) is 1. The van der Waals surface area contributed by atoms with Crippen LogP contribution in [0.15, 0.2) is 0 Å². The molecular formula is C13H23NO6S. The highest BCUT2D eigenvalue weighted by molar-refractivity contribution is 7.99. The molecule has 0 fully saturated rings. The van der Waals surface area contributed by atoms with Crippen molar-refractivity contribution in [2.45, 2.75) is 46.3 Å². The summed E-state index contributed by atoms with van der Waals surface area (Å²) in [5, 5.41) is 20.3. The molecule has 7 nitrogen and oxygen atoms in total. The van der Waals surface area contributed by atoms with Crippen LogP contribution in [0.3, 0.4) is 0 Å². The number of carboxylic acids is 2. The smallest absolute Gasteiger partial charge is 0.408 e. The average molecular weight is 321 g/mol. The number of carbonyl (C=O) groups excluding carboxylic acids is 1. The monoisotopic (exact) mass is 321 g/mol. The van der Waals surface area contributed by atoms with Gasteiger partial charge >= 0.3 is 18.0 Å². The highest BCUT2D eigenvalue weighted by Gasteiger charge is 2.29. The number of carboxylic acid groups (broad SMARTS) is 2. The van der Waals surface area contributed by atoms with E-state index in [4.69, 9.17) is 14.9 Å². The van der Waals surface area contributed by atoms with E-state index in [2.05, 4.69) is 5.32 Å². The highest BCUT2D eigenvalue weighted by Crippen LogP contribution is 2.22. The van der Waals surface area contributed by atoms with Crippen molar-refractivity contribution in [3.8, 4) is 0 Å². The van der Waals surface area contributed by atoms with E-state index in [1.54, 1.807) is 34.6 Å². The summed E-state index contributed by atoms with van der Waals surface area (Å²) in [7, 11) is 0. The normalized spacial score (nSPS) is 13.4. The lowest BCUT2D eigenvalue weighted by Crippen LogP contribution is -2.45. The predicted molar refractivity (Wildman–Crippen MR) is 79.5 cm³/mol. The first kappa shape index (κ1) is 19.6. The first-order valence-electron chi connectivity index (χ1n) is 6.38. The second kappa shape index (κ2) is 7.53. The summed E-state index contributed by atoms with van der Waals surface area (Å²) in [6.07, 6.45) is -0.812. The molecule has 122 valence electrons. The van der Waals surface area contributed by atoms with E-state index < -0.39 is 35.1 Å². The summed E-state index contributed by atoms with van der Waals surface area (Å²) in [5.74, 6) is -1.85. The van der Waals surface area contributed by atoms with Crippen LogP contribution in [-0.2, 0) is 14.3 Å². The molecule has 3 N–H and O–H groups in total. The maximum atomic E-state index is 11.5. The standard InChI is InChI=1S/C13H23NO6S/c1-12(2,3)20-11(19)14-8(9(15)16)6-21-7-13(4,5)10(17)18/h8H,6-7H2,1-5H3,(H,14,19)(H,15,16)(H,17,18).